The van der Waals surface area contributed by atoms with Gasteiger partial charge in [-0.15, -0.1) is 0 Å². The summed E-state index contributed by atoms with van der Waals surface area (Å²) in [6.07, 6.45) is 5.13. The molecule has 1 fully saturated rings. The van der Waals surface area contributed by atoms with Gasteiger partial charge < -0.3 is 20.3 Å². The Bertz CT molecular complexity index is 545. The van der Waals surface area contributed by atoms with E-state index < -0.39 is 0 Å². The first-order chi connectivity index (χ1) is 11.6. The third-order valence-electron chi connectivity index (χ3n) is 4.84. The normalized spacial score (nSPS) is 18.5. The number of methoxy groups -OCH3 is 1. The molecule has 1 aliphatic rings. The highest BCUT2D eigenvalue weighted by Gasteiger charge is 2.24. The summed E-state index contributed by atoms with van der Waals surface area (Å²) in [5.41, 5.74) is 7.44. The molecular formula is C19H31N3O2. The van der Waals surface area contributed by atoms with Gasteiger partial charge in [0.15, 0.2) is 0 Å². The summed E-state index contributed by atoms with van der Waals surface area (Å²) in [4.78, 5) is 17.2. The minimum atomic E-state index is 0.125. The van der Waals surface area contributed by atoms with Crippen LogP contribution in [-0.4, -0.2) is 62.6 Å². The van der Waals surface area contributed by atoms with E-state index in [2.05, 4.69) is 19.0 Å². The van der Waals surface area contributed by atoms with E-state index in [1.54, 1.807) is 7.11 Å². The summed E-state index contributed by atoms with van der Waals surface area (Å²) in [5.74, 6) is 0.961. The summed E-state index contributed by atoms with van der Waals surface area (Å²) < 4.78 is 5.42. The molecule has 5 heteroatoms. The zero-order valence-electron chi connectivity index (χ0n) is 15.3. The molecule has 0 radical (unpaired) electrons. The van der Waals surface area contributed by atoms with Crippen LogP contribution in [0.1, 0.15) is 41.6 Å². The number of nitrogens with two attached hydrogens (primary N) is 1. The Morgan fingerprint density at radius 3 is 2.83 bits per heavy atom. The molecule has 24 heavy (non-hydrogen) atoms. The van der Waals surface area contributed by atoms with E-state index in [0.29, 0.717) is 12.6 Å². The van der Waals surface area contributed by atoms with Crippen LogP contribution in [0.3, 0.4) is 0 Å². The topological polar surface area (TPSA) is 58.8 Å². The predicted molar refractivity (Wildman–Crippen MR) is 97.6 cm³/mol. The van der Waals surface area contributed by atoms with E-state index in [4.69, 9.17) is 10.5 Å². The van der Waals surface area contributed by atoms with E-state index in [-0.39, 0.29) is 5.91 Å². The van der Waals surface area contributed by atoms with Crippen LogP contribution in [0.25, 0.3) is 0 Å². The van der Waals surface area contributed by atoms with Gasteiger partial charge in [-0.3, -0.25) is 4.79 Å². The Morgan fingerprint density at radius 1 is 1.38 bits per heavy atom. The quantitative estimate of drug-likeness (QED) is 0.866. The van der Waals surface area contributed by atoms with Crippen LogP contribution in [0.4, 0.5) is 0 Å². The Kier molecular flexibility index (Phi) is 7.06. The fraction of sp³-hybridized carbons (Fsp3) is 0.632. The predicted octanol–water partition coefficient (Wildman–Crippen LogP) is 2.14. The lowest BCUT2D eigenvalue weighted by Gasteiger charge is -2.28. The molecule has 1 aliphatic heterocycles. The summed E-state index contributed by atoms with van der Waals surface area (Å²) in [6, 6.07) is 6.20. The molecule has 1 aromatic rings. The standard InChI is InChI=1S/C19H31N3O2/c1-21(2)17-8-4-5-12-22(14-17)19(23)16-9-10-18(24-3)15(13-16)7-6-11-20/h9-10,13,17H,4-8,11-12,14,20H2,1-3H3/t17-/m0/s1. The lowest BCUT2D eigenvalue weighted by atomic mass is 10.0. The van der Waals surface area contributed by atoms with Crippen molar-refractivity contribution in [1.82, 2.24) is 9.80 Å². The van der Waals surface area contributed by atoms with Crippen molar-refractivity contribution >= 4 is 5.91 Å². The van der Waals surface area contributed by atoms with E-state index in [9.17, 15) is 4.79 Å². The van der Waals surface area contributed by atoms with Crippen molar-refractivity contribution in [1.29, 1.82) is 0 Å². The molecule has 1 amide bonds. The third-order valence-corrected chi connectivity index (χ3v) is 4.84. The lowest BCUT2D eigenvalue weighted by molar-refractivity contribution is 0.0725. The fourth-order valence-electron chi connectivity index (χ4n) is 3.31. The van der Waals surface area contributed by atoms with Gasteiger partial charge in [-0.05, 0) is 70.1 Å². The lowest BCUT2D eigenvalue weighted by Crippen LogP contribution is -2.41. The first kappa shape index (κ1) is 18.7. The second-order valence-corrected chi connectivity index (χ2v) is 6.78. The first-order valence-corrected chi connectivity index (χ1v) is 8.89. The number of likely N-dealkylation sites (tertiary alicyclic amines) is 1. The maximum absolute atomic E-state index is 13.0. The molecule has 0 bridgehead atoms. The molecule has 0 saturated carbocycles. The molecule has 2 N–H and O–H groups in total. The van der Waals surface area contributed by atoms with Gasteiger partial charge in [0.2, 0.25) is 0 Å². The highest BCUT2D eigenvalue weighted by molar-refractivity contribution is 5.94. The number of amides is 1. The van der Waals surface area contributed by atoms with Crippen molar-refractivity contribution in [3.05, 3.63) is 29.3 Å². The SMILES string of the molecule is COc1ccc(C(=O)N2CCCC[C@H](N(C)C)C2)cc1CCCN. The number of ether oxygens (including phenoxy) is 1. The van der Waals surface area contributed by atoms with E-state index >= 15 is 0 Å². The number of likely N-dealkylation sites (N-methyl/N-ethyl adjacent to an activating group) is 1. The second kappa shape index (κ2) is 9.04. The molecule has 1 aromatic carbocycles. The Labute approximate surface area is 145 Å². The highest BCUT2D eigenvalue weighted by Crippen LogP contribution is 2.23. The van der Waals surface area contributed by atoms with Gasteiger partial charge in [-0.1, -0.05) is 6.42 Å². The molecule has 5 nitrogen and oxygen atoms in total. The zero-order valence-corrected chi connectivity index (χ0v) is 15.3. The van der Waals surface area contributed by atoms with E-state index in [0.717, 1.165) is 55.6 Å². The number of aryl methyl sites for hydroxylation is 1. The van der Waals surface area contributed by atoms with Gasteiger partial charge in [-0.2, -0.15) is 0 Å². The van der Waals surface area contributed by atoms with E-state index in [1.807, 2.05) is 23.1 Å². The van der Waals surface area contributed by atoms with Crippen molar-refractivity contribution in [2.45, 2.75) is 38.1 Å². The molecule has 2 rings (SSSR count). The van der Waals surface area contributed by atoms with Crippen molar-refractivity contribution in [2.75, 3.05) is 40.8 Å². The molecule has 1 heterocycles. The number of benzene rings is 1. The van der Waals surface area contributed by atoms with Crippen LogP contribution >= 0.6 is 0 Å². The Morgan fingerprint density at radius 2 is 2.17 bits per heavy atom. The molecule has 0 aliphatic carbocycles. The number of carbonyl (C=O) groups is 1. The number of rotatable bonds is 6. The molecule has 0 aromatic heterocycles. The van der Waals surface area contributed by atoms with Crippen molar-refractivity contribution < 1.29 is 9.53 Å². The van der Waals surface area contributed by atoms with Crippen LogP contribution < -0.4 is 10.5 Å². The van der Waals surface area contributed by atoms with Gasteiger partial charge in [-0.25, -0.2) is 0 Å². The smallest absolute Gasteiger partial charge is 0.253 e. The van der Waals surface area contributed by atoms with Gasteiger partial charge in [0.25, 0.3) is 5.91 Å². The fourth-order valence-corrected chi connectivity index (χ4v) is 3.31. The molecular weight excluding hydrogens is 302 g/mol. The van der Waals surface area contributed by atoms with Gasteiger partial charge in [0, 0.05) is 24.7 Å². The number of nitrogens with zero attached hydrogens (tertiary/aromatic N) is 2. The number of carbonyl (C=O) groups excluding carboxylic acids is 1. The maximum atomic E-state index is 13.0. The Hall–Kier alpha value is -1.59. The summed E-state index contributed by atoms with van der Waals surface area (Å²) in [7, 11) is 5.85. The molecule has 0 unspecified atom stereocenters. The summed E-state index contributed by atoms with van der Waals surface area (Å²) >= 11 is 0. The molecule has 1 atom stereocenters. The number of hydrogen-bond donors (Lipinski definition) is 1. The summed E-state index contributed by atoms with van der Waals surface area (Å²) in [6.45, 7) is 2.28. The van der Waals surface area contributed by atoms with Crippen molar-refractivity contribution in [3.8, 4) is 5.75 Å². The van der Waals surface area contributed by atoms with Gasteiger partial charge >= 0.3 is 0 Å². The zero-order chi connectivity index (χ0) is 17.5. The van der Waals surface area contributed by atoms with Crippen LogP contribution in [0, 0.1) is 0 Å². The average molecular weight is 333 g/mol. The van der Waals surface area contributed by atoms with Gasteiger partial charge in [0.05, 0.1) is 7.11 Å². The largest absolute Gasteiger partial charge is 0.496 e. The average Bonchev–Trinajstić information content (AvgIpc) is 2.85. The van der Waals surface area contributed by atoms with Crippen molar-refractivity contribution in [3.63, 3.8) is 0 Å². The molecule has 0 spiro atoms. The van der Waals surface area contributed by atoms with Crippen LogP contribution in [0.5, 0.6) is 5.75 Å². The monoisotopic (exact) mass is 333 g/mol. The van der Waals surface area contributed by atoms with Crippen molar-refractivity contribution in [2.24, 2.45) is 5.73 Å². The summed E-state index contributed by atoms with van der Waals surface area (Å²) in [5, 5.41) is 0. The first-order valence-electron chi connectivity index (χ1n) is 8.89. The maximum Gasteiger partial charge on any atom is 0.253 e. The van der Waals surface area contributed by atoms with Crippen LogP contribution in [0.2, 0.25) is 0 Å². The third kappa shape index (κ3) is 4.71. The molecule has 134 valence electrons. The minimum Gasteiger partial charge on any atom is -0.496 e. The molecule has 1 saturated heterocycles. The van der Waals surface area contributed by atoms with E-state index in [1.165, 1.54) is 6.42 Å². The minimum absolute atomic E-state index is 0.125. The van der Waals surface area contributed by atoms with Crippen LogP contribution in [0.15, 0.2) is 18.2 Å². The van der Waals surface area contributed by atoms with Crippen LogP contribution in [-0.2, 0) is 6.42 Å². The highest BCUT2D eigenvalue weighted by atomic mass is 16.5. The Balaban J connectivity index is 2.18. The second-order valence-electron chi connectivity index (χ2n) is 6.78. The van der Waals surface area contributed by atoms with Gasteiger partial charge in [0.1, 0.15) is 5.75 Å². The number of hydrogen-bond acceptors (Lipinski definition) is 4.